The van der Waals surface area contributed by atoms with Gasteiger partial charge >= 0.3 is 0 Å². The summed E-state index contributed by atoms with van der Waals surface area (Å²) < 4.78 is 6.65. The van der Waals surface area contributed by atoms with Crippen LogP contribution in [0.2, 0.25) is 5.02 Å². The third-order valence-corrected chi connectivity index (χ3v) is 7.30. The number of carbonyl (C=O) groups is 2. The maximum Gasteiger partial charge on any atom is 0.289 e. The molecule has 1 fully saturated rings. The Morgan fingerprint density at radius 1 is 0.946 bits per heavy atom. The van der Waals surface area contributed by atoms with E-state index in [9.17, 15) is 9.59 Å². The van der Waals surface area contributed by atoms with E-state index < -0.39 is 0 Å². The fourth-order valence-corrected chi connectivity index (χ4v) is 5.08. The monoisotopic (exact) mass is 644 g/mol. The topological polar surface area (TPSA) is 77.8 Å². The van der Waals surface area contributed by atoms with Crippen molar-refractivity contribution in [1.82, 2.24) is 10.2 Å². The lowest BCUT2D eigenvalue weighted by Gasteiger charge is -2.35. The van der Waals surface area contributed by atoms with Gasteiger partial charge in [-0.15, -0.1) is 0 Å². The molecule has 1 saturated heterocycles. The molecule has 0 radical (unpaired) electrons. The molecule has 1 aliphatic heterocycles. The first kappa shape index (κ1) is 25.5. The predicted molar refractivity (Wildman–Crippen MR) is 159 cm³/mol. The van der Waals surface area contributed by atoms with Crippen molar-refractivity contribution in [2.45, 2.75) is 0 Å². The molecule has 0 saturated carbocycles. The van der Waals surface area contributed by atoms with Crippen molar-refractivity contribution >= 4 is 85.7 Å². The maximum absolute atomic E-state index is 12.9. The van der Waals surface area contributed by atoms with Gasteiger partial charge < -0.3 is 19.5 Å². The molecule has 2 amide bonds. The summed E-state index contributed by atoms with van der Waals surface area (Å²) in [6.07, 6.45) is 0. The lowest BCUT2D eigenvalue weighted by molar-refractivity contribution is 0.0717. The second kappa shape index (κ2) is 11.1. The van der Waals surface area contributed by atoms with Gasteiger partial charge in [-0.25, -0.2) is 0 Å². The summed E-state index contributed by atoms with van der Waals surface area (Å²) in [7, 11) is 0. The van der Waals surface area contributed by atoms with Crippen LogP contribution in [0.3, 0.4) is 0 Å². The van der Waals surface area contributed by atoms with Crippen molar-refractivity contribution in [3.63, 3.8) is 0 Å². The molecule has 1 aromatic heterocycles. The number of nitrogens with one attached hydrogen (secondary N) is 2. The van der Waals surface area contributed by atoms with Gasteiger partial charge in [0.15, 0.2) is 10.9 Å². The van der Waals surface area contributed by atoms with Crippen LogP contribution >= 0.6 is 46.4 Å². The van der Waals surface area contributed by atoms with Crippen molar-refractivity contribution < 1.29 is 14.0 Å². The van der Waals surface area contributed by atoms with Crippen molar-refractivity contribution in [3.05, 3.63) is 92.7 Å². The van der Waals surface area contributed by atoms with E-state index in [-0.39, 0.29) is 16.9 Å². The summed E-state index contributed by atoms with van der Waals surface area (Å²) in [6.45, 7) is 2.63. The van der Waals surface area contributed by atoms with Crippen LogP contribution in [0, 0.1) is 3.57 Å². The molecule has 0 atom stereocenters. The van der Waals surface area contributed by atoms with Crippen molar-refractivity contribution in [2.24, 2.45) is 0 Å². The number of amides is 2. The smallest absolute Gasteiger partial charge is 0.289 e. The van der Waals surface area contributed by atoms with Gasteiger partial charge in [0.2, 0.25) is 0 Å². The number of fused-ring (bicyclic) bond motifs is 1. The standard InChI is InChI=1S/C27H22ClIN4O3S/c28-22-10-5-18(29)16-21(22)25(34)31-27(37)30-19-6-8-20(9-7-19)32-11-13-33(14-12-32)26(35)24-15-17-3-1-2-4-23(17)36-24/h1-10,15-16H,11-14H2,(H2,30,31,34,37). The first-order chi connectivity index (χ1) is 17.9. The summed E-state index contributed by atoms with van der Waals surface area (Å²) in [5.74, 6) is -0.0810. The van der Waals surface area contributed by atoms with Crippen LogP contribution in [-0.2, 0) is 0 Å². The van der Waals surface area contributed by atoms with Crippen LogP contribution in [0.5, 0.6) is 0 Å². The Morgan fingerprint density at radius 3 is 2.41 bits per heavy atom. The molecule has 37 heavy (non-hydrogen) atoms. The summed E-state index contributed by atoms with van der Waals surface area (Å²) in [4.78, 5) is 29.5. The first-order valence-electron chi connectivity index (χ1n) is 11.6. The van der Waals surface area contributed by atoms with Crippen LogP contribution < -0.4 is 15.5 Å². The largest absolute Gasteiger partial charge is 0.451 e. The first-order valence-corrected chi connectivity index (χ1v) is 13.4. The molecule has 2 N–H and O–H groups in total. The summed E-state index contributed by atoms with van der Waals surface area (Å²) in [5.41, 5.74) is 2.88. The minimum absolute atomic E-state index is 0.0857. The average molecular weight is 645 g/mol. The molecular weight excluding hydrogens is 623 g/mol. The third kappa shape index (κ3) is 5.89. The van der Waals surface area contributed by atoms with E-state index >= 15 is 0 Å². The molecule has 5 rings (SSSR count). The Morgan fingerprint density at radius 2 is 1.68 bits per heavy atom. The second-order valence-corrected chi connectivity index (χ2v) is 10.6. The van der Waals surface area contributed by atoms with Gasteiger partial charge in [-0.2, -0.15) is 0 Å². The van der Waals surface area contributed by atoms with Crippen molar-refractivity contribution in [3.8, 4) is 0 Å². The highest BCUT2D eigenvalue weighted by atomic mass is 127. The Kier molecular flexibility index (Phi) is 7.63. The number of anilines is 2. The average Bonchev–Trinajstić information content (AvgIpc) is 3.34. The SMILES string of the molecule is O=C(NC(=S)Nc1ccc(N2CCN(C(=O)c3cc4ccccc4o3)CC2)cc1)c1cc(I)ccc1Cl. The van der Waals surface area contributed by atoms with Gasteiger partial charge in [-0.3, -0.25) is 14.9 Å². The number of rotatable bonds is 4. The molecule has 0 unspecified atom stereocenters. The zero-order valence-electron chi connectivity index (χ0n) is 19.5. The molecule has 4 aromatic rings. The van der Waals surface area contributed by atoms with Crippen LogP contribution in [0.4, 0.5) is 11.4 Å². The number of carbonyl (C=O) groups excluding carboxylic acids is 2. The van der Waals surface area contributed by atoms with E-state index in [2.05, 4.69) is 38.1 Å². The number of benzene rings is 3. The van der Waals surface area contributed by atoms with E-state index in [1.165, 1.54) is 0 Å². The molecule has 0 bridgehead atoms. The fraction of sp³-hybridized carbons (Fsp3) is 0.148. The highest BCUT2D eigenvalue weighted by molar-refractivity contribution is 14.1. The van der Waals surface area contributed by atoms with Gasteiger partial charge in [0.25, 0.3) is 11.8 Å². The highest BCUT2D eigenvalue weighted by Crippen LogP contribution is 2.23. The number of piperazine rings is 1. The Balaban J connectivity index is 1.14. The molecule has 0 aliphatic carbocycles. The lowest BCUT2D eigenvalue weighted by Crippen LogP contribution is -2.48. The highest BCUT2D eigenvalue weighted by Gasteiger charge is 2.24. The Bertz CT molecular complexity index is 1450. The molecule has 10 heteroatoms. The van der Waals surface area contributed by atoms with Crippen LogP contribution in [0.1, 0.15) is 20.9 Å². The second-order valence-electron chi connectivity index (χ2n) is 8.51. The number of nitrogens with zero attached hydrogens (tertiary/aromatic N) is 2. The number of hydrogen-bond acceptors (Lipinski definition) is 5. The number of furan rings is 1. The van der Waals surface area contributed by atoms with E-state index in [0.717, 1.165) is 25.9 Å². The number of para-hydroxylation sites is 1. The third-order valence-electron chi connectivity index (χ3n) is 6.09. The van der Waals surface area contributed by atoms with Crippen molar-refractivity contribution in [2.75, 3.05) is 36.4 Å². The fourth-order valence-electron chi connectivity index (χ4n) is 4.17. The van der Waals surface area contributed by atoms with Gasteiger partial charge in [0.1, 0.15) is 5.58 Å². The molecule has 7 nitrogen and oxygen atoms in total. The molecule has 1 aliphatic rings. The molecule has 188 valence electrons. The Hall–Kier alpha value is -3.15. The van der Waals surface area contributed by atoms with E-state index in [4.69, 9.17) is 28.2 Å². The predicted octanol–water partition coefficient (Wildman–Crippen LogP) is 5.78. The van der Waals surface area contributed by atoms with E-state index in [0.29, 0.717) is 42.5 Å². The summed E-state index contributed by atoms with van der Waals surface area (Å²) in [5, 5.41) is 7.17. The van der Waals surface area contributed by atoms with Crippen molar-refractivity contribution in [1.29, 1.82) is 0 Å². The van der Waals surface area contributed by atoms with E-state index in [1.54, 1.807) is 18.2 Å². The van der Waals surface area contributed by atoms with Crippen LogP contribution in [-0.4, -0.2) is 48.0 Å². The number of halogens is 2. The van der Waals surface area contributed by atoms with Gasteiger partial charge in [-0.05, 0) is 89.4 Å². The molecule has 2 heterocycles. The van der Waals surface area contributed by atoms with Gasteiger partial charge in [0.05, 0.1) is 10.6 Å². The van der Waals surface area contributed by atoms with Crippen LogP contribution in [0.25, 0.3) is 11.0 Å². The molecular formula is C27H22ClIN4O3S. The lowest BCUT2D eigenvalue weighted by atomic mass is 10.2. The minimum Gasteiger partial charge on any atom is -0.451 e. The normalized spacial score (nSPS) is 13.5. The zero-order chi connectivity index (χ0) is 25.9. The molecule has 0 spiro atoms. The van der Waals surface area contributed by atoms with E-state index in [1.807, 2.05) is 59.5 Å². The van der Waals surface area contributed by atoms with Gasteiger partial charge in [0, 0.05) is 46.5 Å². The summed E-state index contributed by atoms with van der Waals surface area (Å²) in [6, 6.07) is 22.4. The number of hydrogen-bond donors (Lipinski definition) is 2. The minimum atomic E-state index is -0.368. The quantitative estimate of drug-likeness (QED) is 0.217. The number of thiocarbonyl (C=S) groups is 1. The maximum atomic E-state index is 12.9. The summed E-state index contributed by atoms with van der Waals surface area (Å²) >= 11 is 13.6. The van der Waals surface area contributed by atoms with Crippen LogP contribution in [0.15, 0.2) is 77.2 Å². The Labute approximate surface area is 237 Å². The zero-order valence-corrected chi connectivity index (χ0v) is 23.3. The molecule has 3 aromatic carbocycles. The van der Waals surface area contributed by atoms with Gasteiger partial charge in [-0.1, -0.05) is 29.8 Å².